The summed E-state index contributed by atoms with van der Waals surface area (Å²) in [7, 11) is -3.19. The molecule has 0 saturated heterocycles. The van der Waals surface area contributed by atoms with E-state index in [1.54, 1.807) is 24.3 Å². The van der Waals surface area contributed by atoms with E-state index in [-0.39, 0.29) is 18.3 Å². The van der Waals surface area contributed by atoms with Crippen LogP contribution in [0.25, 0.3) is 6.08 Å². The van der Waals surface area contributed by atoms with Crippen molar-refractivity contribution in [1.82, 2.24) is 0 Å². The number of ether oxygens (including phenoxy) is 1. The Morgan fingerprint density at radius 1 is 1.36 bits per heavy atom. The first-order valence-corrected chi connectivity index (χ1v) is 8.59. The second-order valence-electron chi connectivity index (χ2n) is 5.02. The first-order chi connectivity index (χ1) is 10.3. The van der Waals surface area contributed by atoms with E-state index in [0.29, 0.717) is 28.9 Å². The van der Waals surface area contributed by atoms with Crippen LogP contribution < -0.4 is 16.2 Å². The summed E-state index contributed by atoms with van der Waals surface area (Å²) in [5, 5.41) is 0. The van der Waals surface area contributed by atoms with Crippen LogP contribution in [0.3, 0.4) is 0 Å². The molecule has 8 heteroatoms. The van der Waals surface area contributed by atoms with Gasteiger partial charge in [-0.05, 0) is 6.08 Å². The highest BCUT2D eigenvalue weighted by Gasteiger charge is 2.19. The van der Waals surface area contributed by atoms with E-state index in [9.17, 15) is 13.2 Å². The molecule has 1 amide bonds. The van der Waals surface area contributed by atoms with E-state index in [0.717, 1.165) is 6.26 Å². The van der Waals surface area contributed by atoms with Crippen LogP contribution in [0, 0.1) is 0 Å². The van der Waals surface area contributed by atoms with E-state index >= 15 is 0 Å². The lowest BCUT2D eigenvalue weighted by Crippen LogP contribution is -2.24. The third kappa shape index (κ3) is 4.08. The molecule has 0 bridgehead atoms. The van der Waals surface area contributed by atoms with E-state index in [1.807, 2.05) is 0 Å². The fourth-order valence-corrected chi connectivity index (χ4v) is 2.96. The molecule has 1 heterocycles. The number of nitrogens with zero attached hydrogens (tertiary/aromatic N) is 1. The van der Waals surface area contributed by atoms with Crippen LogP contribution in [-0.4, -0.2) is 33.1 Å². The molecule has 0 unspecified atom stereocenters. The number of nitrogens with two attached hydrogens (primary N) is 2. The Bertz CT molecular complexity index is 762. The Balaban J connectivity index is 2.44. The minimum Gasteiger partial charge on any atom is -0.492 e. The molecule has 1 aromatic carbocycles. The molecular formula is C14H17N3O4S. The van der Waals surface area contributed by atoms with Crippen LogP contribution in [0.2, 0.25) is 0 Å². The summed E-state index contributed by atoms with van der Waals surface area (Å²) in [5.41, 5.74) is 12.0. The lowest BCUT2D eigenvalue weighted by Gasteiger charge is -2.11. The molecule has 0 radical (unpaired) electrons. The molecule has 1 aliphatic heterocycles. The summed E-state index contributed by atoms with van der Waals surface area (Å²) in [6.07, 6.45) is 3.12. The van der Waals surface area contributed by atoms with Crippen molar-refractivity contribution in [2.45, 2.75) is 12.2 Å². The molecule has 22 heavy (non-hydrogen) atoms. The number of hydrogen-bond acceptors (Lipinski definition) is 4. The summed E-state index contributed by atoms with van der Waals surface area (Å²) in [6, 6.07) is 5.15. The van der Waals surface area contributed by atoms with Gasteiger partial charge in [-0.25, -0.2) is 8.42 Å². The van der Waals surface area contributed by atoms with E-state index < -0.39 is 15.7 Å². The van der Waals surface area contributed by atoms with Crippen molar-refractivity contribution in [2.24, 2.45) is 16.5 Å². The number of carbonyl (C=O) groups excluding carboxylic acids is 1. The first kappa shape index (κ1) is 16.0. The Labute approximate surface area is 128 Å². The van der Waals surface area contributed by atoms with Crippen molar-refractivity contribution >= 4 is 27.8 Å². The zero-order chi connectivity index (χ0) is 16.3. The number of sulfone groups is 1. The van der Waals surface area contributed by atoms with Gasteiger partial charge < -0.3 is 16.2 Å². The highest BCUT2D eigenvalue weighted by molar-refractivity contribution is 7.89. The van der Waals surface area contributed by atoms with Crippen LogP contribution in [0.1, 0.15) is 17.5 Å². The molecule has 0 fully saturated rings. The highest BCUT2D eigenvalue weighted by atomic mass is 32.2. The number of carbonyl (C=O) groups is 1. The summed E-state index contributed by atoms with van der Waals surface area (Å²) < 4.78 is 28.6. The molecule has 0 aliphatic carbocycles. The van der Waals surface area contributed by atoms with Gasteiger partial charge in [0.1, 0.15) is 5.75 Å². The maximum absolute atomic E-state index is 11.9. The van der Waals surface area contributed by atoms with Gasteiger partial charge >= 0.3 is 0 Å². The zero-order valence-electron chi connectivity index (χ0n) is 12.1. The van der Waals surface area contributed by atoms with Crippen LogP contribution in [0.5, 0.6) is 5.75 Å². The maximum Gasteiger partial charge on any atom is 0.276 e. The van der Waals surface area contributed by atoms with E-state index in [4.69, 9.17) is 16.2 Å². The molecule has 0 spiro atoms. The second kappa shape index (κ2) is 6.18. The van der Waals surface area contributed by atoms with Gasteiger partial charge in [-0.3, -0.25) is 4.79 Å². The third-order valence-electron chi connectivity index (χ3n) is 3.00. The molecule has 1 aromatic rings. The number of para-hydroxylation sites is 1. The Kier molecular flexibility index (Phi) is 4.51. The molecular weight excluding hydrogens is 306 g/mol. The van der Waals surface area contributed by atoms with Crippen molar-refractivity contribution in [3.8, 4) is 5.75 Å². The number of rotatable bonds is 3. The minimum atomic E-state index is -3.19. The summed E-state index contributed by atoms with van der Waals surface area (Å²) in [6.45, 7) is 0.241. The smallest absolute Gasteiger partial charge is 0.276 e. The Hall–Kier alpha value is -2.35. The number of aliphatic imine (C=N–C) groups is 1. The maximum atomic E-state index is 11.9. The molecule has 4 N–H and O–H groups in total. The topological polar surface area (TPSA) is 125 Å². The molecule has 0 atom stereocenters. The lowest BCUT2D eigenvalue weighted by molar-refractivity contribution is -0.114. The standard InChI is InChI=1S/C14H17N3O4S/c1-22(19,20)8-11-4-2-3-9-7-10(5-6-21-12(9)11)13(18)17-14(15)16/h2-4,7H,5-6,8H2,1H3,(H4,15,16,17,18). The average Bonchev–Trinajstić information content (AvgIpc) is 2.59. The molecule has 0 aromatic heterocycles. The number of fused-ring (bicyclic) bond motifs is 1. The fraction of sp³-hybridized carbons (Fsp3) is 0.286. The molecule has 2 rings (SSSR count). The van der Waals surface area contributed by atoms with Gasteiger partial charge in [-0.1, -0.05) is 18.2 Å². The van der Waals surface area contributed by atoms with Crippen molar-refractivity contribution in [3.63, 3.8) is 0 Å². The lowest BCUT2D eigenvalue weighted by atomic mass is 10.1. The fourth-order valence-electron chi connectivity index (χ4n) is 2.17. The van der Waals surface area contributed by atoms with Gasteiger partial charge in [0.2, 0.25) is 0 Å². The summed E-state index contributed by atoms with van der Waals surface area (Å²) >= 11 is 0. The van der Waals surface area contributed by atoms with Crippen LogP contribution >= 0.6 is 0 Å². The van der Waals surface area contributed by atoms with Gasteiger partial charge in [-0.2, -0.15) is 4.99 Å². The van der Waals surface area contributed by atoms with Gasteiger partial charge in [0.15, 0.2) is 15.8 Å². The molecule has 118 valence electrons. The van der Waals surface area contributed by atoms with Crippen LogP contribution in [0.15, 0.2) is 28.8 Å². The van der Waals surface area contributed by atoms with Crippen molar-refractivity contribution in [2.75, 3.05) is 12.9 Å². The number of amides is 1. The Morgan fingerprint density at radius 2 is 2.09 bits per heavy atom. The van der Waals surface area contributed by atoms with Gasteiger partial charge in [0.25, 0.3) is 5.91 Å². The monoisotopic (exact) mass is 323 g/mol. The van der Waals surface area contributed by atoms with Crippen molar-refractivity contribution in [1.29, 1.82) is 0 Å². The Morgan fingerprint density at radius 3 is 2.73 bits per heavy atom. The third-order valence-corrected chi connectivity index (χ3v) is 3.83. The average molecular weight is 323 g/mol. The van der Waals surface area contributed by atoms with Crippen molar-refractivity contribution < 1.29 is 17.9 Å². The number of guanidine groups is 1. The summed E-state index contributed by atoms with van der Waals surface area (Å²) in [4.78, 5) is 15.4. The van der Waals surface area contributed by atoms with E-state index in [2.05, 4.69) is 4.99 Å². The SMILES string of the molecule is CS(=O)(=O)Cc1cccc2c1OCCC(C(=O)N=C(N)N)=C2. The molecule has 1 aliphatic rings. The molecule has 7 nitrogen and oxygen atoms in total. The van der Waals surface area contributed by atoms with Crippen molar-refractivity contribution in [3.05, 3.63) is 34.9 Å². The van der Waals surface area contributed by atoms with Gasteiger partial charge in [0, 0.05) is 29.4 Å². The van der Waals surface area contributed by atoms with Crippen LogP contribution in [0.4, 0.5) is 0 Å². The second-order valence-corrected chi connectivity index (χ2v) is 7.16. The number of hydrogen-bond donors (Lipinski definition) is 2. The first-order valence-electron chi connectivity index (χ1n) is 6.53. The summed E-state index contributed by atoms with van der Waals surface area (Å²) in [5.74, 6) is -0.478. The van der Waals surface area contributed by atoms with Gasteiger partial charge in [0.05, 0.1) is 12.4 Å². The van der Waals surface area contributed by atoms with Gasteiger partial charge in [-0.15, -0.1) is 0 Å². The number of benzene rings is 1. The zero-order valence-corrected chi connectivity index (χ0v) is 12.9. The highest BCUT2D eigenvalue weighted by Crippen LogP contribution is 2.31. The molecule has 0 saturated carbocycles. The van der Waals surface area contributed by atoms with Crippen LogP contribution in [-0.2, 0) is 20.4 Å². The normalized spacial score (nSPS) is 14.1. The minimum absolute atomic E-state index is 0.124. The predicted octanol–water partition coefficient (Wildman–Crippen LogP) is 0.197. The quantitative estimate of drug-likeness (QED) is 0.604. The van der Waals surface area contributed by atoms with E-state index in [1.165, 1.54) is 0 Å². The largest absolute Gasteiger partial charge is 0.492 e. The predicted molar refractivity (Wildman–Crippen MR) is 83.9 cm³/mol.